The number of aryl methyl sites for hydroxylation is 1. The van der Waals surface area contributed by atoms with Crippen LogP contribution in [0.5, 0.6) is 5.75 Å². The second kappa shape index (κ2) is 11.1. The van der Waals surface area contributed by atoms with E-state index < -0.39 is 0 Å². The van der Waals surface area contributed by atoms with Crippen molar-refractivity contribution in [3.8, 4) is 17.0 Å². The summed E-state index contributed by atoms with van der Waals surface area (Å²) in [5.41, 5.74) is 9.94. The lowest BCUT2D eigenvalue weighted by Crippen LogP contribution is -2.49. The Morgan fingerprint density at radius 3 is 2.51 bits per heavy atom. The van der Waals surface area contributed by atoms with Gasteiger partial charge >= 0.3 is 0 Å². The highest BCUT2D eigenvalue weighted by Crippen LogP contribution is 2.39. The highest BCUT2D eigenvalue weighted by Gasteiger charge is 2.30. The molecule has 1 saturated carbocycles. The minimum atomic E-state index is 0.302. The Hall–Kier alpha value is -3.21. The van der Waals surface area contributed by atoms with Gasteiger partial charge in [0.1, 0.15) is 23.6 Å². The number of nitrogen functional groups attached to an aromatic ring is 1. The number of piperazine rings is 1. The average molecular weight is 547 g/mol. The molecule has 0 amide bonds. The number of thiophene rings is 1. The van der Waals surface area contributed by atoms with Crippen LogP contribution in [0.3, 0.4) is 0 Å². The van der Waals surface area contributed by atoms with Crippen LogP contribution in [0, 0.1) is 6.92 Å². The Morgan fingerprint density at radius 2 is 1.79 bits per heavy atom. The molecule has 0 unspecified atom stereocenters. The fraction of sp³-hybridized carbons (Fsp3) is 0.483. The third kappa shape index (κ3) is 5.33. The van der Waals surface area contributed by atoms with Crippen molar-refractivity contribution in [1.29, 1.82) is 0 Å². The molecule has 4 heterocycles. The van der Waals surface area contributed by atoms with Crippen molar-refractivity contribution in [2.75, 3.05) is 51.4 Å². The Morgan fingerprint density at radius 1 is 1.03 bits per heavy atom. The highest BCUT2D eigenvalue weighted by atomic mass is 32.1. The number of rotatable bonds is 7. The molecule has 0 atom stereocenters. The minimum absolute atomic E-state index is 0.302. The SMILES string of the molecule is COc1cc(-c2nn(C3CCC(N4CCN(C)CC4)CC3)c3ncnc(N)c23)ccc1NCc1ccc(C)s1. The number of methoxy groups -OCH3 is 1. The van der Waals surface area contributed by atoms with Crippen molar-refractivity contribution in [2.24, 2.45) is 0 Å². The van der Waals surface area contributed by atoms with Gasteiger partial charge in [-0.3, -0.25) is 4.90 Å². The first-order valence-electron chi connectivity index (χ1n) is 13.9. The second-order valence-corrected chi connectivity index (χ2v) is 12.2. The number of anilines is 2. The standard InChI is InChI=1S/C29H38N8OS/c1-19-4-10-23(39-19)17-31-24-11-5-20(16-25(24)38-3)27-26-28(30)32-18-33-29(26)37(34-27)22-8-6-21(7-9-22)36-14-12-35(2)13-15-36/h4-5,10-11,16,18,21-22,31H,6-9,12-15,17H2,1-3H3,(H2,30,32,33). The molecule has 3 aromatic heterocycles. The highest BCUT2D eigenvalue weighted by molar-refractivity contribution is 7.11. The van der Waals surface area contributed by atoms with E-state index in [1.807, 2.05) is 6.07 Å². The summed E-state index contributed by atoms with van der Waals surface area (Å²) in [6, 6.07) is 11.4. The molecular formula is C29H38N8OS. The van der Waals surface area contributed by atoms with E-state index in [1.54, 1.807) is 24.8 Å². The van der Waals surface area contributed by atoms with E-state index in [4.69, 9.17) is 15.6 Å². The van der Waals surface area contributed by atoms with Crippen LogP contribution in [0.2, 0.25) is 0 Å². The van der Waals surface area contributed by atoms with Crippen LogP contribution in [0.4, 0.5) is 11.5 Å². The lowest BCUT2D eigenvalue weighted by molar-refractivity contribution is 0.0815. The van der Waals surface area contributed by atoms with E-state index in [0.29, 0.717) is 17.9 Å². The molecular weight excluding hydrogens is 508 g/mol. The molecule has 0 spiro atoms. The molecule has 206 valence electrons. The van der Waals surface area contributed by atoms with Gasteiger partial charge in [0.05, 0.1) is 24.2 Å². The monoisotopic (exact) mass is 546 g/mol. The van der Waals surface area contributed by atoms with Gasteiger partial charge < -0.3 is 20.7 Å². The molecule has 4 aromatic rings. The van der Waals surface area contributed by atoms with Gasteiger partial charge in [-0.2, -0.15) is 5.10 Å². The maximum absolute atomic E-state index is 6.43. The van der Waals surface area contributed by atoms with Gasteiger partial charge in [0.15, 0.2) is 5.65 Å². The minimum Gasteiger partial charge on any atom is -0.495 e. The van der Waals surface area contributed by atoms with E-state index >= 15 is 0 Å². The average Bonchev–Trinajstić information content (AvgIpc) is 3.56. The Kier molecular flexibility index (Phi) is 7.42. The van der Waals surface area contributed by atoms with E-state index in [-0.39, 0.29) is 0 Å². The summed E-state index contributed by atoms with van der Waals surface area (Å²) in [5.74, 6) is 1.23. The Labute approximate surface area is 234 Å². The summed E-state index contributed by atoms with van der Waals surface area (Å²) in [6.07, 6.45) is 6.10. The fourth-order valence-corrected chi connectivity index (χ4v) is 6.88. The van der Waals surface area contributed by atoms with Gasteiger partial charge in [-0.15, -0.1) is 11.3 Å². The van der Waals surface area contributed by atoms with Crippen LogP contribution in [-0.2, 0) is 6.54 Å². The molecule has 39 heavy (non-hydrogen) atoms. The van der Waals surface area contributed by atoms with Gasteiger partial charge in [0.25, 0.3) is 0 Å². The van der Waals surface area contributed by atoms with E-state index in [1.165, 1.54) is 35.7 Å². The number of nitrogens with two attached hydrogens (primary N) is 1. The Bertz CT molecular complexity index is 1430. The molecule has 1 aliphatic carbocycles. The van der Waals surface area contributed by atoms with Crippen LogP contribution in [0.1, 0.15) is 41.5 Å². The normalized spacial score (nSPS) is 20.9. The predicted octanol–water partition coefficient (Wildman–Crippen LogP) is 4.80. The molecule has 9 nitrogen and oxygen atoms in total. The zero-order valence-electron chi connectivity index (χ0n) is 23.1. The van der Waals surface area contributed by atoms with Crippen molar-refractivity contribution >= 4 is 33.9 Å². The summed E-state index contributed by atoms with van der Waals surface area (Å²) in [5, 5.41) is 9.46. The topological polar surface area (TPSA) is 97.4 Å². The van der Waals surface area contributed by atoms with Crippen LogP contribution in [-0.4, -0.2) is 75.9 Å². The van der Waals surface area contributed by atoms with Gasteiger partial charge in [0.2, 0.25) is 0 Å². The second-order valence-electron chi connectivity index (χ2n) is 10.8. The number of nitrogens with one attached hydrogen (secondary N) is 1. The Balaban J connectivity index is 1.25. The molecule has 10 heteroatoms. The summed E-state index contributed by atoms with van der Waals surface area (Å²) in [7, 11) is 3.92. The molecule has 1 aliphatic heterocycles. The third-order valence-electron chi connectivity index (χ3n) is 8.31. The van der Waals surface area contributed by atoms with E-state index in [2.05, 4.69) is 68.0 Å². The number of likely N-dealkylation sites (N-methyl/N-ethyl adjacent to an activating group) is 1. The number of aromatic nitrogens is 4. The first-order chi connectivity index (χ1) is 19.0. The molecule has 1 aromatic carbocycles. The van der Waals surface area contributed by atoms with E-state index in [9.17, 15) is 0 Å². The van der Waals surface area contributed by atoms with Crippen molar-refractivity contribution in [3.63, 3.8) is 0 Å². The lowest BCUT2D eigenvalue weighted by atomic mass is 9.90. The molecule has 0 bridgehead atoms. The maximum Gasteiger partial charge on any atom is 0.164 e. The van der Waals surface area contributed by atoms with E-state index in [0.717, 1.165) is 66.2 Å². The summed E-state index contributed by atoms with van der Waals surface area (Å²) >= 11 is 1.80. The zero-order valence-corrected chi connectivity index (χ0v) is 23.9. The van der Waals surface area contributed by atoms with Gasteiger partial charge in [-0.1, -0.05) is 6.07 Å². The number of fused-ring (bicyclic) bond motifs is 1. The van der Waals surface area contributed by atoms with Gasteiger partial charge in [0, 0.05) is 54.1 Å². The molecule has 3 N–H and O–H groups in total. The van der Waals surface area contributed by atoms with Crippen LogP contribution >= 0.6 is 11.3 Å². The summed E-state index contributed by atoms with van der Waals surface area (Å²) in [4.78, 5) is 16.7. The largest absolute Gasteiger partial charge is 0.495 e. The molecule has 0 radical (unpaired) electrons. The maximum atomic E-state index is 6.43. The number of nitrogens with zero attached hydrogens (tertiary/aromatic N) is 6. The lowest BCUT2D eigenvalue weighted by Gasteiger charge is -2.41. The first kappa shape index (κ1) is 26.0. The number of hydrogen-bond acceptors (Lipinski definition) is 9. The fourth-order valence-electron chi connectivity index (χ4n) is 6.05. The quantitative estimate of drug-likeness (QED) is 0.341. The van der Waals surface area contributed by atoms with Crippen molar-refractivity contribution in [3.05, 3.63) is 46.4 Å². The molecule has 2 aliphatic rings. The number of ether oxygens (including phenoxy) is 1. The number of hydrogen-bond donors (Lipinski definition) is 2. The van der Waals surface area contributed by atoms with Crippen LogP contribution in [0.15, 0.2) is 36.7 Å². The van der Waals surface area contributed by atoms with Gasteiger partial charge in [-0.25, -0.2) is 14.6 Å². The number of benzene rings is 1. The third-order valence-corrected chi connectivity index (χ3v) is 9.31. The molecule has 6 rings (SSSR count). The van der Waals surface area contributed by atoms with Crippen LogP contribution in [0.25, 0.3) is 22.3 Å². The summed E-state index contributed by atoms with van der Waals surface area (Å²) < 4.78 is 7.89. The van der Waals surface area contributed by atoms with Crippen LogP contribution < -0.4 is 15.8 Å². The zero-order chi connectivity index (χ0) is 26.9. The molecule has 2 fully saturated rings. The first-order valence-corrected chi connectivity index (χ1v) is 14.7. The van der Waals surface area contributed by atoms with Gasteiger partial charge in [-0.05, 0) is 63.9 Å². The summed E-state index contributed by atoms with van der Waals surface area (Å²) in [6.45, 7) is 7.54. The smallest absolute Gasteiger partial charge is 0.164 e. The van der Waals surface area contributed by atoms with Crippen molar-refractivity contribution < 1.29 is 4.74 Å². The molecule has 1 saturated heterocycles. The predicted molar refractivity (Wildman–Crippen MR) is 158 cm³/mol. The van der Waals surface area contributed by atoms with Crippen molar-refractivity contribution in [1.82, 2.24) is 29.5 Å². The van der Waals surface area contributed by atoms with Crippen molar-refractivity contribution in [2.45, 2.75) is 51.2 Å².